The van der Waals surface area contributed by atoms with Gasteiger partial charge in [-0.1, -0.05) is 6.42 Å². The van der Waals surface area contributed by atoms with Gasteiger partial charge in [-0.3, -0.25) is 19.6 Å². The maximum Gasteiger partial charge on any atom is 0.303 e. The molecule has 0 saturated carbocycles. The highest BCUT2D eigenvalue weighted by molar-refractivity contribution is 6.05. The second-order valence-electron chi connectivity index (χ2n) is 6.88. The van der Waals surface area contributed by atoms with Crippen LogP contribution in [0.4, 0.5) is 0 Å². The van der Waals surface area contributed by atoms with Crippen LogP contribution in [0.25, 0.3) is 10.9 Å². The number of nitrogens with zero attached hydrogens (tertiary/aromatic N) is 2. The lowest BCUT2D eigenvalue weighted by Crippen LogP contribution is -2.47. The van der Waals surface area contributed by atoms with Crippen molar-refractivity contribution in [3.63, 3.8) is 0 Å². The Bertz CT molecular complexity index is 804. The number of H-pyrrole nitrogens is 1. The number of carboxylic acids is 1. The van der Waals surface area contributed by atoms with Crippen LogP contribution in [0.2, 0.25) is 0 Å². The average Bonchev–Trinajstić information content (AvgIpc) is 3.09. The van der Waals surface area contributed by atoms with E-state index >= 15 is 0 Å². The number of carbonyl (C=O) groups excluding carboxylic acids is 1. The van der Waals surface area contributed by atoms with Crippen molar-refractivity contribution < 1.29 is 19.4 Å². The number of benzene rings is 1. The van der Waals surface area contributed by atoms with Crippen molar-refractivity contribution in [1.82, 2.24) is 20.4 Å². The van der Waals surface area contributed by atoms with E-state index in [1.165, 1.54) is 0 Å². The molecule has 1 aromatic carbocycles. The Kier molecular flexibility index (Phi) is 6.28. The van der Waals surface area contributed by atoms with Gasteiger partial charge in [0, 0.05) is 24.4 Å². The normalized spacial score (nSPS) is 17.7. The molecule has 0 spiro atoms. The first-order valence-corrected chi connectivity index (χ1v) is 9.34. The number of amides is 1. The first kappa shape index (κ1) is 19.2. The van der Waals surface area contributed by atoms with Crippen molar-refractivity contribution >= 4 is 22.8 Å². The highest BCUT2D eigenvalue weighted by Gasteiger charge is 2.23. The molecule has 1 aliphatic heterocycles. The third-order valence-electron chi connectivity index (χ3n) is 5.07. The molecule has 0 bridgehead atoms. The number of piperidine rings is 1. The molecule has 27 heavy (non-hydrogen) atoms. The summed E-state index contributed by atoms with van der Waals surface area (Å²) in [7, 11) is 1.59. The van der Waals surface area contributed by atoms with Crippen molar-refractivity contribution in [2.45, 2.75) is 38.1 Å². The van der Waals surface area contributed by atoms with Gasteiger partial charge in [-0.05, 0) is 50.6 Å². The van der Waals surface area contributed by atoms with Crippen LogP contribution in [-0.2, 0) is 4.79 Å². The number of carboxylic acid groups (broad SMARTS) is 1. The van der Waals surface area contributed by atoms with Crippen LogP contribution in [0.3, 0.4) is 0 Å². The van der Waals surface area contributed by atoms with E-state index < -0.39 is 5.97 Å². The summed E-state index contributed by atoms with van der Waals surface area (Å²) in [6, 6.07) is 5.69. The highest BCUT2D eigenvalue weighted by Crippen LogP contribution is 2.22. The Hall–Kier alpha value is -2.61. The number of rotatable bonds is 8. The Morgan fingerprint density at radius 2 is 2.26 bits per heavy atom. The van der Waals surface area contributed by atoms with Crippen LogP contribution in [0.5, 0.6) is 5.75 Å². The summed E-state index contributed by atoms with van der Waals surface area (Å²) in [5.74, 6) is -0.307. The fraction of sp³-hybridized carbons (Fsp3) is 0.526. The second kappa shape index (κ2) is 8.85. The second-order valence-corrected chi connectivity index (χ2v) is 6.88. The number of carbonyl (C=O) groups is 2. The molecule has 2 heterocycles. The molecule has 1 aromatic heterocycles. The lowest BCUT2D eigenvalue weighted by atomic mass is 10.0. The molecule has 2 aromatic rings. The quantitative estimate of drug-likeness (QED) is 0.652. The Morgan fingerprint density at radius 1 is 1.41 bits per heavy atom. The van der Waals surface area contributed by atoms with E-state index in [0.717, 1.165) is 43.3 Å². The number of aromatic nitrogens is 2. The van der Waals surface area contributed by atoms with Crippen LogP contribution >= 0.6 is 0 Å². The number of likely N-dealkylation sites (tertiary alicyclic amines) is 1. The zero-order valence-corrected chi connectivity index (χ0v) is 15.5. The molecule has 0 radical (unpaired) electrons. The Labute approximate surface area is 157 Å². The largest absolute Gasteiger partial charge is 0.497 e. The van der Waals surface area contributed by atoms with Gasteiger partial charge in [0.25, 0.3) is 5.91 Å². The Morgan fingerprint density at radius 3 is 3.04 bits per heavy atom. The first-order valence-electron chi connectivity index (χ1n) is 9.34. The fourth-order valence-corrected chi connectivity index (χ4v) is 3.61. The summed E-state index contributed by atoms with van der Waals surface area (Å²) in [4.78, 5) is 25.7. The summed E-state index contributed by atoms with van der Waals surface area (Å²) >= 11 is 0. The minimum absolute atomic E-state index is 0.177. The summed E-state index contributed by atoms with van der Waals surface area (Å²) in [5, 5.41) is 19.6. The monoisotopic (exact) mass is 374 g/mol. The average molecular weight is 374 g/mol. The molecule has 3 N–H and O–H groups in total. The molecule has 1 unspecified atom stereocenters. The standard InChI is InChI=1S/C19H26N4O4/c1-27-14-7-8-16-15(11-14)18(22-21-16)19(26)20-12-13-5-2-3-9-23(13)10-4-6-17(24)25/h7-8,11,13H,2-6,9-10,12H2,1H3,(H,20,26)(H,21,22)(H,24,25). The predicted molar refractivity (Wildman–Crippen MR) is 101 cm³/mol. The summed E-state index contributed by atoms with van der Waals surface area (Å²) in [6.45, 7) is 2.22. The maximum absolute atomic E-state index is 12.6. The third kappa shape index (κ3) is 4.77. The minimum atomic E-state index is -0.766. The number of ether oxygens (including phenoxy) is 1. The van der Waals surface area contributed by atoms with Gasteiger partial charge in [-0.2, -0.15) is 5.10 Å². The molecule has 8 nitrogen and oxygen atoms in total. The number of hydrogen-bond donors (Lipinski definition) is 3. The maximum atomic E-state index is 12.6. The number of hydrogen-bond acceptors (Lipinski definition) is 5. The van der Waals surface area contributed by atoms with Gasteiger partial charge < -0.3 is 15.2 Å². The van der Waals surface area contributed by atoms with Crippen molar-refractivity contribution in [1.29, 1.82) is 0 Å². The predicted octanol–water partition coefficient (Wildman–Crippen LogP) is 2.02. The Balaban J connectivity index is 1.61. The molecular formula is C19H26N4O4. The van der Waals surface area contributed by atoms with Crippen molar-refractivity contribution in [3.8, 4) is 5.75 Å². The van der Waals surface area contributed by atoms with Crippen LogP contribution in [0.15, 0.2) is 18.2 Å². The third-order valence-corrected chi connectivity index (χ3v) is 5.07. The van der Waals surface area contributed by atoms with Gasteiger partial charge in [0.15, 0.2) is 5.69 Å². The van der Waals surface area contributed by atoms with Crippen LogP contribution < -0.4 is 10.1 Å². The number of fused-ring (bicyclic) bond motifs is 1. The molecule has 1 atom stereocenters. The molecule has 0 aliphatic carbocycles. The van der Waals surface area contributed by atoms with Crippen LogP contribution in [-0.4, -0.2) is 64.9 Å². The number of methoxy groups -OCH3 is 1. The fourth-order valence-electron chi connectivity index (χ4n) is 3.61. The van der Waals surface area contributed by atoms with Gasteiger partial charge in [-0.15, -0.1) is 0 Å². The number of aromatic amines is 1. The minimum Gasteiger partial charge on any atom is -0.497 e. The molecule has 8 heteroatoms. The van der Waals surface area contributed by atoms with Crippen molar-refractivity contribution in [2.24, 2.45) is 0 Å². The number of aliphatic carboxylic acids is 1. The van der Waals surface area contributed by atoms with E-state index in [2.05, 4.69) is 20.4 Å². The van der Waals surface area contributed by atoms with E-state index in [9.17, 15) is 9.59 Å². The van der Waals surface area contributed by atoms with E-state index in [1.54, 1.807) is 13.2 Å². The topological polar surface area (TPSA) is 108 Å². The van der Waals surface area contributed by atoms with Crippen molar-refractivity contribution in [2.75, 3.05) is 26.7 Å². The molecule has 1 aliphatic rings. The molecule has 1 saturated heterocycles. The zero-order valence-electron chi connectivity index (χ0n) is 15.5. The van der Waals surface area contributed by atoms with Gasteiger partial charge in [-0.25, -0.2) is 0 Å². The van der Waals surface area contributed by atoms with Gasteiger partial charge >= 0.3 is 5.97 Å². The SMILES string of the molecule is COc1ccc2[nH]nc(C(=O)NCC3CCCCN3CCCC(=O)O)c2c1. The first-order chi connectivity index (χ1) is 13.1. The van der Waals surface area contributed by atoms with Gasteiger partial charge in [0.05, 0.1) is 12.6 Å². The smallest absolute Gasteiger partial charge is 0.303 e. The summed E-state index contributed by atoms with van der Waals surface area (Å²) in [5.41, 5.74) is 1.14. The molecule has 1 amide bonds. The molecular weight excluding hydrogens is 348 g/mol. The molecule has 3 rings (SSSR count). The lowest BCUT2D eigenvalue weighted by Gasteiger charge is -2.35. The van der Waals surface area contributed by atoms with Crippen LogP contribution in [0, 0.1) is 0 Å². The lowest BCUT2D eigenvalue weighted by molar-refractivity contribution is -0.137. The van der Waals surface area contributed by atoms with Crippen molar-refractivity contribution in [3.05, 3.63) is 23.9 Å². The van der Waals surface area contributed by atoms with E-state index in [-0.39, 0.29) is 18.4 Å². The van der Waals surface area contributed by atoms with Gasteiger partial charge in [0.2, 0.25) is 0 Å². The zero-order chi connectivity index (χ0) is 19.2. The summed E-state index contributed by atoms with van der Waals surface area (Å²) < 4.78 is 5.23. The van der Waals surface area contributed by atoms with E-state index in [0.29, 0.717) is 24.4 Å². The van der Waals surface area contributed by atoms with E-state index in [1.807, 2.05) is 12.1 Å². The number of nitrogens with one attached hydrogen (secondary N) is 2. The highest BCUT2D eigenvalue weighted by atomic mass is 16.5. The molecule has 1 fully saturated rings. The van der Waals surface area contributed by atoms with Gasteiger partial charge in [0.1, 0.15) is 5.75 Å². The summed E-state index contributed by atoms with van der Waals surface area (Å²) in [6.07, 6.45) is 4.04. The van der Waals surface area contributed by atoms with E-state index in [4.69, 9.17) is 9.84 Å². The molecule has 146 valence electrons. The van der Waals surface area contributed by atoms with Crippen LogP contribution in [0.1, 0.15) is 42.6 Å².